The van der Waals surface area contributed by atoms with Crippen molar-refractivity contribution < 1.29 is 24.5 Å². The van der Waals surface area contributed by atoms with Gasteiger partial charge in [0.15, 0.2) is 0 Å². The van der Waals surface area contributed by atoms with Crippen molar-refractivity contribution >= 4 is 11.9 Å². The van der Waals surface area contributed by atoms with E-state index in [4.69, 9.17) is 15.6 Å². The van der Waals surface area contributed by atoms with E-state index in [0.717, 1.165) is 0 Å². The lowest BCUT2D eigenvalue weighted by atomic mass is 10.1. The number of ether oxygens (including phenoxy) is 1. The number of urea groups is 1. The zero-order chi connectivity index (χ0) is 12.6. The van der Waals surface area contributed by atoms with Crippen molar-refractivity contribution in [1.82, 2.24) is 10.2 Å². The van der Waals surface area contributed by atoms with Crippen LogP contribution in [0.3, 0.4) is 0 Å². The lowest BCUT2D eigenvalue weighted by molar-refractivity contribution is -0.125. The average molecular weight is 245 g/mol. The predicted molar refractivity (Wildman–Crippen MR) is 54.6 cm³/mol. The van der Waals surface area contributed by atoms with E-state index in [1.54, 1.807) is 0 Å². The van der Waals surface area contributed by atoms with Gasteiger partial charge in [0.05, 0.1) is 12.7 Å². The van der Waals surface area contributed by atoms with Gasteiger partial charge in [-0.1, -0.05) is 0 Å². The van der Waals surface area contributed by atoms with Crippen LogP contribution in [-0.4, -0.2) is 64.7 Å². The minimum Gasteiger partial charge on any atom is -0.394 e. The van der Waals surface area contributed by atoms with Gasteiger partial charge in [-0.25, -0.2) is 4.79 Å². The Morgan fingerprint density at radius 2 is 2.24 bits per heavy atom. The highest BCUT2D eigenvalue weighted by Gasteiger charge is 2.42. The number of nitrogens with zero attached hydrogens (tertiary/aromatic N) is 1. The molecule has 2 aliphatic heterocycles. The molecule has 0 spiro atoms. The van der Waals surface area contributed by atoms with Crippen molar-refractivity contribution in [1.29, 1.82) is 0 Å². The van der Waals surface area contributed by atoms with E-state index in [1.807, 2.05) is 0 Å². The highest BCUT2D eigenvalue weighted by molar-refractivity contribution is 5.99. The predicted octanol–water partition coefficient (Wildman–Crippen LogP) is -2.67. The number of hydrogen-bond acceptors (Lipinski definition) is 6. The third-order valence-electron chi connectivity index (χ3n) is 2.95. The van der Waals surface area contributed by atoms with Crippen LogP contribution in [0.15, 0.2) is 0 Å². The number of nitrogens with one attached hydrogen (secondary N) is 1. The second-order valence-corrected chi connectivity index (χ2v) is 4.17. The Morgan fingerprint density at radius 1 is 1.53 bits per heavy atom. The second kappa shape index (κ2) is 4.57. The Morgan fingerprint density at radius 3 is 2.82 bits per heavy atom. The monoisotopic (exact) mass is 245 g/mol. The average Bonchev–Trinajstić information content (AvgIpc) is 2.65. The molecule has 2 fully saturated rings. The van der Waals surface area contributed by atoms with E-state index in [0.29, 0.717) is 0 Å². The Hall–Kier alpha value is -1.22. The molecule has 0 radical (unpaired) electrons. The van der Waals surface area contributed by atoms with Crippen molar-refractivity contribution in [2.75, 3.05) is 13.2 Å². The summed E-state index contributed by atoms with van der Waals surface area (Å²) in [6.45, 7) is -0.279. The van der Waals surface area contributed by atoms with Gasteiger partial charge in [-0.05, 0) is 0 Å². The summed E-state index contributed by atoms with van der Waals surface area (Å²) in [7, 11) is 0. The molecule has 2 rings (SSSR count). The highest BCUT2D eigenvalue weighted by atomic mass is 16.5. The highest BCUT2D eigenvalue weighted by Crippen LogP contribution is 2.24. The first-order valence-electron chi connectivity index (χ1n) is 5.34. The summed E-state index contributed by atoms with van der Waals surface area (Å²) in [6, 6.07) is -1.39. The second-order valence-electron chi connectivity index (χ2n) is 4.17. The van der Waals surface area contributed by atoms with Gasteiger partial charge in [0, 0.05) is 13.0 Å². The number of carbonyl (C=O) groups is 2. The van der Waals surface area contributed by atoms with E-state index < -0.39 is 36.4 Å². The SMILES string of the molecule is NC1CN([C@H]2C[C@H](O)[C@@H](CO)O2)C(=O)NC1=O. The quantitative estimate of drug-likeness (QED) is 0.420. The van der Waals surface area contributed by atoms with E-state index >= 15 is 0 Å². The number of amides is 3. The van der Waals surface area contributed by atoms with Crippen molar-refractivity contribution in [2.24, 2.45) is 5.73 Å². The molecule has 0 aromatic rings. The third kappa shape index (κ3) is 2.25. The maximum Gasteiger partial charge on any atom is 0.326 e. The smallest absolute Gasteiger partial charge is 0.326 e. The van der Waals surface area contributed by atoms with Crippen LogP contribution < -0.4 is 11.1 Å². The van der Waals surface area contributed by atoms with E-state index in [2.05, 4.69) is 5.32 Å². The zero-order valence-corrected chi connectivity index (χ0v) is 9.07. The van der Waals surface area contributed by atoms with Gasteiger partial charge < -0.3 is 20.7 Å². The standard InChI is InChI=1S/C9H15N3O5/c10-4-2-12(9(16)11-8(4)15)7-1-5(14)6(3-13)17-7/h4-7,13-14H,1-3,10H2,(H,11,15,16)/t4?,5-,6+,7+/m0/s1. The summed E-state index contributed by atoms with van der Waals surface area (Å²) >= 11 is 0. The van der Waals surface area contributed by atoms with Crippen molar-refractivity contribution in [3.63, 3.8) is 0 Å². The Bertz CT molecular complexity index is 337. The molecule has 0 saturated carbocycles. The molecule has 3 amide bonds. The molecule has 0 aromatic heterocycles. The van der Waals surface area contributed by atoms with E-state index in [9.17, 15) is 14.7 Å². The molecule has 8 nitrogen and oxygen atoms in total. The Kier molecular flexibility index (Phi) is 3.29. The van der Waals surface area contributed by atoms with Crippen LogP contribution in [0.4, 0.5) is 4.79 Å². The number of rotatable bonds is 2. The van der Waals surface area contributed by atoms with Gasteiger partial charge in [-0.15, -0.1) is 0 Å². The first-order valence-corrected chi connectivity index (χ1v) is 5.34. The summed E-state index contributed by atoms with van der Waals surface area (Å²) in [5.74, 6) is -0.525. The van der Waals surface area contributed by atoms with Crippen molar-refractivity contribution in [3.8, 4) is 0 Å². The fraction of sp³-hybridized carbons (Fsp3) is 0.778. The molecule has 17 heavy (non-hydrogen) atoms. The fourth-order valence-electron chi connectivity index (χ4n) is 1.97. The summed E-state index contributed by atoms with van der Waals surface area (Å²) in [5, 5.41) is 20.6. The molecule has 2 heterocycles. The van der Waals surface area contributed by atoms with Crippen LogP contribution >= 0.6 is 0 Å². The van der Waals surface area contributed by atoms with Crippen LogP contribution in [0.1, 0.15) is 6.42 Å². The lowest BCUT2D eigenvalue weighted by Gasteiger charge is -2.34. The number of carbonyl (C=O) groups excluding carboxylic acids is 2. The van der Waals surface area contributed by atoms with Crippen LogP contribution in [0.25, 0.3) is 0 Å². The summed E-state index contributed by atoms with van der Waals surface area (Å²) in [4.78, 5) is 23.9. The molecule has 4 atom stereocenters. The molecular weight excluding hydrogens is 230 g/mol. The van der Waals surface area contributed by atoms with E-state index in [-0.39, 0.29) is 19.6 Å². The van der Waals surface area contributed by atoms with E-state index in [1.165, 1.54) is 4.90 Å². The molecule has 8 heteroatoms. The maximum absolute atomic E-state index is 11.6. The molecular formula is C9H15N3O5. The molecule has 0 aliphatic carbocycles. The largest absolute Gasteiger partial charge is 0.394 e. The fourth-order valence-corrected chi connectivity index (χ4v) is 1.97. The summed E-state index contributed by atoms with van der Waals surface area (Å²) in [6.07, 6.45) is -2.01. The number of imide groups is 1. The van der Waals surface area contributed by atoms with Crippen molar-refractivity contribution in [3.05, 3.63) is 0 Å². The Balaban J connectivity index is 2.03. The van der Waals surface area contributed by atoms with Crippen LogP contribution in [-0.2, 0) is 9.53 Å². The molecule has 2 aliphatic rings. The van der Waals surface area contributed by atoms with Crippen LogP contribution in [0.5, 0.6) is 0 Å². The summed E-state index contributed by atoms with van der Waals surface area (Å²) < 4.78 is 5.31. The first kappa shape index (κ1) is 12.2. The van der Waals surface area contributed by atoms with Gasteiger partial charge in [-0.2, -0.15) is 0 Å². The van der Waals surface area contributed by atoms with Gasteiger partial charge in [0.25, 0.3) is 0 Å². The van der Waals surface area contributed by atoms with Crippen LogP contribution in [0.2, 0.25) is 0 Å². The normalized spacial score (nSPS) is 38.4. The van der Waals surface area contributed by atoms with Gasteiger partial charge in [-0.3, -0.25) is 15.0 Å². The minimum absolute atomic E-state index is 0.0419. The lowest BCUT2D eigenvalue weighted by Crippen LogP contribution is -2.62. The molecule has 96 valence electrons. The zero-order valence-electron chi connectivity index (χ0n) is 9.07. The topological polar surface area (TPSA) is 125 Å². The summed E-state index contributed by atoms with van der Waals surface area (Å²) in [5.41, 5.74) is 5.53. The third-order valence-corrected chi connectivity index (χ3v) is 2.95. The molecule has 5 N–H and O–H groups in total. The number of hydrogen-bond donors (Lipinski definition) is 4. The minimum atomic E-state index is -0.827. The Labute approximate surface area is 97.3 Å². The molecule has 0 aromatic carbocycles. The molecule has 1 unspecified atom stereocenters. The van der Waals surface area contributed by atoms with Gasteiger partial charge in [0.1, 0.15) is 18.4 Å². The van der Waals surface area contributed by atoms with Crippen molar-refractivity contribution in [2.45, 2.75) is 30.9 Å². The van der Waals surface area contributed by atoms with Gasteiger partial charge in [0.2, 0.25) is 5.91 Å². The number of nitrogens with two attached hydrogens (primary N) is 1. The molecule has 2 saturated heterocycles. The first-order chi connectivity index (χ1) is 8.02. The number of aliphatic hydroxyl groups is 2. The number of aliphatic hydroxyl groups excluding tert-OH is 2. The van der Waals surface area contributed by atoms with Crippen LogP contribution in [0, 0.1) is 0 Å². The maximum atomic E-state index is 11.6. The van der Waals surface area contributed by atoms with Gasteiger partial charge >= 0.3 is 6.03 Å². The molecule has 0 bridgehead atoms.